The lowest BCUT2D eigenvalue weighted by Crippen LogP contribution is -2.20. The van der Waals surface area contributed by atoms with E-state index in [2.05, 4.69) is 45.0 Å². The molecule has 1 aromatic heterocycles. The fourth-order valence-electron chi connectivity index (χ4n) is 2.84. The third kappa shape index (κ3) is 4.47. The summed E-state index contributed by atoms with van der Waals surface area (Å²) in [6, 6.07) is 7.78. The number of nitrogens with one attached hydrogen (secondary N) is 1. The van der Waals surface area contributed by atoms with E-state index in [0.717, 1.165) is 40.3 Å². The van der Waals surface area contributed by atoms with Gasteiger partial charge < -0.3 is 14.6 Å². The predicted molar refractivity (Wildman–Crippen MR) is 117 cm³/mol. The molecule has 0 spiro atoms. The number of nitrogens with zero attached hydrogens (tertiary/aromatic N) is 2. The second-order valence-electron chi connectivity index (χ2n) is 6.22. The fraction of sp³-hybridized carbons (Fsp3) is 0.300. The number of furan rings is 1. The maximum Gasteiger partial charge on any atom is 0.264 e. The number of anilines is 1. The Bertz CT molecular complexity index is 906. The molecule has 1 N–H and O–H groups in total. The first kappa shape index (κ1) is 19.8. The van der Waals surface area contributed by atoms with Gasteiger partial charge in [0.15, 0.2) is 11.1 Å². The van der Waals surface area contributed by atoms with Gasteiger partial charge in [-0.3, -0.25) is 4.79 Å². The van der Waals surface area contributed by atoms with E-state index in [9.17, 15) is 4.79 Å². The fourth-order valence-corrected chi connectivity index (χ4v) is 3.89. The molecule has 1 aliphatic heterocycles. The van der Waals surface area contributed by atoms with Crippen LogP contribution in [0.4, 0.5) is 11.6 Å². The number of aryl methyl sites for hydroxylation is 2. The highest BCUT2D eigenvalue weighted by molar-refractivity contribution is 9.10. The SMILES string of the molecule is CCN(CC)c1ccc(C=C2SC(=Nc3cc(C)c(Br)c(C)c3)NC2=O)o1. The van der Waals surface area contributed by atoms with Crippen molar-refractivity contribution < 1.29 is 9.21 Å². The van der Waals surface area contributed by atoms with E-state index in [1.165, 1.54) is 11.8 Å². The Labute approximate surface area is 172 Å². The number of hydrogen-bond acceptors (Lipinski definition) is 5. The maximum absolute atomic E-state index is 12.3. The molecule has 27 heavy (non-hydrogen) atoms. The van der Waals surface area contributed by atoms with Crippen molar-refractivity contribution in [1.82, 2.24) is 5.32 Å². The number of hydrogen-bond donors (Lipinski definition) is 1. The maximum atomic E-state index is 12.3. The zero-order valence-corrected chi connectivity index (χ0v) is 18.2. The predicted octanol–water partition coefficient (Wildman–Crippen LogP) is 5.40. The molecule has 0 unspecified atom stereocenters. The Balaban J connectivity index is 1.80. The summed E-state index contributed by atoms with van der Waals surface area (Å²) in [6.07, 6.45) is 1.76. The van der Waals surface area contributed by atoms with Gasteiger partial charge in [-0.05, 0) is 68.8 Å². The second-order valence-corrected chi connectivity index (χ2v) is 8.05. The molecule has 142 valence electrons. The lowest BCUT2D eigenvalue weighted by Gasteiger charge is -2.16. The second kappa shape index (κ2) is 8.35. The number of amidine groups is 1. The molecule has 1 aliphatic rings. The van der Waals surface area contributed by atoms with Crippen molar-refractivity contribution in [1.29, 1.82) is 0 Å². The molecule has 2 heterocycles. The van der Waals surface area contributed by atoms with E-state index in [-0.39, 0.29) is 5.91 Å². The molecule has 0 bridgehead atoms. The van der Waals surface area contributed by atoms with Crippen LogP contribution in [0.1, 0.15) is 30.7 Å². The van der Waals surface area contributed by atoms with Crippen molar-refractivity contribution in [3.05, 3.63) is 50.5 Å². The van der Waals surface area contributed by atoms with E-state index >= 15 is 0 Å². The minimum Gasteiger partial charge on any atom is -0.441 e. The van der Waals surface area contributed by atoms with Crippen LogP contribution in [-0.4, -0.2) is 24.2 Å². The molecule has 0 atom stereocenters. The zero-order chi connectivity index (χ0) is 19.6. The van der Waals surface area contributed by atoms with Crippen LogP contribution < -0.4 is 10.2 Å². The topological polar surface area (TPSA) is 57.8 Å². The minimum absolute atomic E-state index is 0.162. The Morgan fingerprint density at radius 1 is 1.22 bits per heavy atom. The van der Waals surface area contributed by atoms with Crippen LogP contribution in [0.3, 0.4) is 0 Å². The molecule has 1 saturated heterocycles. The Morgan fingerprint density at radius 3 is 2.52 bits per heavy atom. The molecular weight excluding hydrogens is 426 g/mol. The lowest BCUT2D eigenvalue weighted by atomic mass is 10.1. The molecule has 7 heteroatoms. The van der Waals surface area contributed by atoms with Crippen molar-refractivity contribution in [2.75, 3.05) is 18.0 Å². The highest BCUT2D eigenvalue weighted by Crippen LogP contribution is 2.31. The van der Waals surface area contributed by atoms with E-state index < -0.39 is 0 Å². The number of halogens is 1. The quantitative estimate of drug-likeness (QED) is 0.623. The molecular formula is C20H22BrN3O2S. The monoisotopic (exact) mass is 447 g/mol. The van der Waals surface area contributed by atoms with Gasteiger partial charge >= 0.3 is 0 Å². The van der Waals surface area contributed by atoms with Crippen LogP contribution in [0.2, 0.25) is 0 Å². The number of thioether (sulfide) groups is 1. The molecule has 0 radical (unpaired) electrons. The van der Waals surface area contributed by atoms with Gasteiger partial charge in [-0.25, -0.2) is 4.99 Å². The van der Waals surface area contributed by atoms with Crippen LogP contribution in [0, 0.1) is 13.8 Å². The van der Waals surface area contributed by atoms with Crippen molar-refractivity contribution >= 4 is 56.4 Å². The van der Waals surface area contributed by atoms with E-state index in [4.69, 9.17) is 4.42 Å². The van der Waals surface area contributed by atoms with Crippen molar-refractivity contribution in [2.24, 2.45) is 4.99 Å². The average molecular weight is 448 g/mol. The zero-order valence-electron chi connectivity index (χ0n) is 15.8. The summed E-state index contributed by atoms with van der Waals surface area (Å²) in [5.41, 5.74) is 3.04. The van der Waals surface area contributed by atoms with Crippen LogP contribution in [0.25, 0.3) is 6.08 Å². The number of carbonyl (C=O) groups excluding carboxylic acids is 1. The normalized spacial score (nSPS) is 17.0. The summed E-state index contributed by atoms with van der Waals surface area (Å²) in [4.78, 5) is 19.5. The van der Waals surface area contributed by atoms with Gasteiger partial charge in [0.05, 0.1) is 10.6 Å². The first-order chi connectivity index (χ1) is 12.9. The highest BCUT2D eigenvalue weighted by atomic mass is 79.9. The summed E-state index contributed by atoms with van der Waals surface area (Å²) in [5.74, 6) is 1.31. The average Bonchev–Trinajstić information content (AvgIpc) is 3.21. The number of aliphatic imine (C=N–C) groups is 1. The molecule has 2 aromatic rings. The molecule has 5 nitrogen and oxygen atoms in total. The lowest BCUT2D eigenvalue weighted by molar-refractivity contribution is -0.115. The number of benzene rings is 1. The Hall–Kier alpha value is -1.99. The van der Waals surface area contributed by atoms with E-state index in [1.807, 2.05) is 38.1 Å². The molecule has 1 fully saturated rings. The van der Waals surface area contributed by atoms with Crippen LogP contribution in [0.15, 0.2) is 43.1 Å². The number of rotatable bonds is 5. The Morgan fingerprint density at radius 2 is 1.89 bits per heavy atom. The summed E-state index contributed by atoms with van der Waals surface area (Å²) in [5, 5.41) is 3.39. The van der Waals surface area contributed by atoms with Crippen LogP contribution in [0.5, 0.6) is 0 Å². The van der Waals surface area contributed by atoms with E-state index in [0.29, 0.717) is 15.8 Å². The van der Waals surface area contributed by atoms with Gasteiger partial charge in [-0.1, -0.05) is 15.9 Å². The first-order valence-corrected chi connectivity index (χ1v) is 10.4. The van der Waals surface area contributed by atoms with Crippen LogP contribution >= 0.6 is 27.7 Å². The summed E-state index contributed by atoms with van der Waals surface area (Å²) >= 11 is 4.88. The first-order valence-electron chi connectivity index (χ1n) is 8.82. The Kier molecular flexibility index (Phi) is 6.11. The van der Waals surface area contributed by atoms with E-state index in [1.54, 1.807) is 6.08 Å². The summed E-state index contributed by atoms with van der Waals surface area (Å²) in [6.45, 7) is 9.96. The van der Waals surface area contributed by atoms with Gasteiger partial charge in [0.25, 0.3) is 5.91 Å². The third-order valence-corrected chi connectivity index (χ3v) is 6.42. The van der Waals surface area contributed by atoms with Gasteiger partial charge in [0, 0.05) is 29.7 Å². The molecule has 1 amide bonds. The summed E-state index contributed by atoms with van der Waals surface area (Å²) < 4.78 is 6.93. The molecule has 3 rings (SSSR count). The van der Waals surface area contributed by atoms with Crippen molar-refractivity contribution in [3.8, 4) is 0 Å². The molecule has 0 aliphatic carbocycles. The van der Waals surface area contributed by atoms with Gasteiger partial charge in [0.1, 0.15) is 5.76 Å². The standard InChI is InChI=1S/C20H22BrN3O2S/c1-5-24(6-2)17-8-7-15(26-17)11-16-19(25)23-20(27-16)22-14-9-12(3)18(21)13(4)10-14/h7-11H,5-6H2,1-4H3,(H,22,23,25). The molecule has 0 saturated carbocycles. The van der Waals surface area contributed by atoms with Gasteiger partial charge in [-0.2, -0.15) is 0 Å². The third-order valence-electron chi connectivity index (χ3n) is 4.26. The van der Waals surface area contributed by atoms with Gasteiger partial charge in [0.2, 0.25) is 0 Å². The smallest absolute Gasteiger partial charge is 0.264 e. The largest absolute Gasteiger partial charge is 0.441 e. The molecule has 1 aromatic carbocycles. The van der Waals surface area contributed by atoms with Crippen LogP contribution in [-0.2, 0) is 4.79 Å². The van der Waals surface area contributed by atoms with Gasteiger partial charge in [-0.15, -0.1) is 0 Å². The summed E-state index contributed by atoms with van der Waals surface area (Å²) in [7, 11) is 0. The highest BCUT2D eigenvalue weighted by Gasteiger charge is 2.24. The van der Waals surface area contributed by atoms with Crippen molar-refractivity contribution in [2.45, 2.75) is 27.7 Å². The minimum atomic E-state index is -0.162. The number of carbonyl (C=O) groups is 1. The number of amides is 1. The van der Waals surface area contributed by atoms with Crippen molar-refractivity contribution in [3.63, 3.8) is 0 Å².